The molecule has 82 valence electrons. The van der Waals surface area contributed by atoms with Crippen LogP contribution < -0.4 is 0 Å². The summed E-state index contributed by atoms with van der Waals surface area (Å²) in [7, 11) is -1.17. The van der Waals surface area contributed by atoms with E-state index in [1.54, 1.807) is 12.1 Å². The average Bonchev–Trinajstić information content (AvgIpc) is 2.26. The third kappa shape index (κ3) is 4.10. The van der Waals surface area contributed by atoms with Crippen molar-refractivity contribution in [1.29, 1.82) is 0 Å². The van der Waals surface area contributed by atoms with Gasteiger partial charge in [0, 0.05) is 6.20 Å². The van der Waals surface area contributed by atoms with Crippen LogP contribution in [0.4, 0.5) is 0 Å². The second kappa shape index (κ2) is 5.98. The van der Waals surface area contributed by atoms with Crippen molar-refractivity contribution in [1.82, 2.24) is 4.98 Å². The third-order valence-electron chi connectivity index (χ3n) is 1.96. The van der Waals surface area contributed by atoms with Gasteiger partial charge in [0.15, 0.2) is 0 Å². The van der Waals surface area contributed by atoms with Gasteiger partial charge < -0.3 is 0 Å². The molecule has 0 fully saturated rings. The first-order chi connectivity index (χ1) is 7.13. The molecule has 1 aromatic heterocycles. The molecule has 0 bridgehead atoms. The standard InChI is InChI=1S/C10H13ClN2OS/c1-3-8(2)15(14)13-7-10-5-4-9(11)6-12-10/h4-8H,3H2,1-2H3/t8-,15-/m0/s1. The van der Waals surface area contributed by atoms with Crippen LogP contribution in [0, 0.1) is 0 Å². The summed E-state index contributed by atoms with van der Waals surface area (Å²) in [5, 5.41) is 0.656. The normalized spacial score (nSPS) is 15.4. The first kappa shape index (κ1) is 12.3. The predicted molar refractivity (Wildman–Crippen MR) is 64.7 cm³/mol. The lowest BCUT2D eigenvalue weighted by Crippen LogP contribution is -2.06. The van der Waals surface area contributed by atoms with Gasteiger partial charge >= 0.3 is 0 Å². The Morgan fingerprint density at radius 3 is 2.93 bits per heavy atom. The van der Waals surface area contributed by atoms with Crippen molar-refractivity contribution in [2.75, 3.05) is 0 Å². The Morgan fingerprint density at radius 2 is 2.40 bits per heavy atom. The lowest BCUT2D eigenvalue weighted by molar-refractivity contribution is 0.672. The summed E-state index contributed by atoms with van der Waals surface area (Å²) in [6.07, 6.45) is 3.89. The molecule has 0 aromatic carbocycles. The van der Waals surface area contributed by atoms with Gasteiger partial charge in [-0.2, -0.15) is 4.40 Å². The summed E-state index contributed by atoms with van der Waals surface area (Å²) in [5.74, 6) is 0. The van der Waals surface area contributed by atoms with E-state index < -0.39 is 11.0 Å². The zero-order valence-electron chi connectivity index (χ0n) is 8.68. The Morgan fingerprint density at radius 1 is 1.67 bits per heavy atom. The fourth-order valence-electron chi connectivity index (χ4n) is 0.816. The SMILES string of the molecule is CC[C@H](C)[S@](=O)N=Cc1ccc(Cl)cn1. The number of hydrogen-bond acceptors (Lipinski definition) is 2. The van der Waals surface area contributed by atoms with Crippen molar-refractivity contribution in [3.63, 3.8) is 0 Å². The Labute approximate surface area is 97.2 Å². The quantitative estimate of drug-likeness (QED) is 0.764. The summed E-state index contributed by atoms with van der Waals surface area (Å²) >= 11 is 5.68. The maximum atomic E-state index is 11.5. The Balaban J connectivity index is 2.65. The van der Waals surface area contributed by atoms with Crippen LogP contribution in [-0.2, 0) is 11.0 Å². The maximum Gasteiger partial charge on any atom is 0.142 e. The second-order valence-electron chi connectivity index (χ2n) is 3.13. The van der Waals surface area contributed by atoms with Gasteiger partial charge in [0.25, 0.3) is 0 Å². The zero-order chi connectivity index (χ0) is 11.3. The van der Waals surface area contributed by atoms with Gasteiger partial charge in [-0.1, -0.05) is 18.5 Å². The highest BCUT2D eigenvalue weighted by Gasteiger charge is 2.05. The van der Waals surface area contributed by atoms with Gasteiger partial charge in [0.1, 0.15) is 11.0 Å². The van der Waals surface area contributed by atoms with E-state index in [9.17, 15) is 4.21 Å². The highest BCUT2D eigenvalue weighted by molar-refractivity contribution is 7.84. The lowest BCUT2D eigenvalue weighted by atomic mass is 10.4. The van der Waals surface area contributed by atoms with E-state index in [0.29, 0.717) is 10.7 Å². The Hall–Kier alpha value is -0.740. The molecule has 0 aliphatic heterocycles. The fraction of sp³-hybridized carbons (Fsp3) is 0.400. The van der Waals surface area contributed by atoms with E-state index in [4.69, 9.17) is 11.6 Å². The van der Waals surface area contributed by atoms with Gasteiger partial charge in [-0.15, -0.1) is 0 Å². The van der Waals surface area contributed by atoms with E-state index in [1.807, 2.05) is 13.8 Å². The number of pyridine rings is 1. The van der Waals surface area contributed by atoms with E-state index >= 15 is 0 Å². The average molecular weight is 245 g/mol. The van der Waals surface area contributed by atoms with E-state index in [0.717, 1.165) is 6.42 Å². The summed E-state index contributed by atoms with van der Waals surface area (Å²) in [5.41, 5.74) is 0.663. The zero-order valence-corrected chi connectivity index (χ0v) is 10.3. The van der Waals surface area contributed by atoms with Crippen molar-refractivity contribution in [3.05, 3.63) is 29.0 Å². The number of rotatable bonds is 4. The molecule has 1 rings (SSSR count). The van der Waals surface area contributed by atoms with Crippen LogP contribution in [0.25, 0.3) is 0 Å². The van der Waals surface area contributed by atoms with Crippen molar-refractivity contribution in [2.24, 2.45) is 4.40 Å². The lowest BCUT2D eigenvalue weighted by Gasteiger charge is -2.01. The van der Waals surface area contributed by atoms with Gasteiger partial charge in [-0.05, 0) is 25.5 Å². The second-order valence-corrected chi connectivity index (χ2v) is 5.14. The fourth-order valence-corrected chi connectivity index (χ4v) is 1.63. The molecule has 15 heavy (non-hydrogen) atoms. The minimum atomic E-state index is -1.17. The highest BCUT2D eigenvalue weighted by Crippen LogP contribution is 2.06. The van der Waals surface area contributed by atoms with E-state index in [-0.39, 0.29) is 5.25 Å². The summed E-state index contributed by atoms with van der Waals surface area (Å²) in [4.78, 5) is 4.02. The van der Waals surface area contributed by atoms with Gasteiger partial charge in [-0.25, -0.2) is 4.21 Å². The molecule has 5 heteroatoms. The largest absolute Gasteiger partial charge is 0.254 e. The smallest absolute Gasteiger partial charge is 0.142 e. The van der Waals surface area contributed by atoms with Crippen LogP contribution in [0.5, 0.6) is 0 Å². The first-order valence-corrected chi connectivity index (χ1v) is 6.24. The van der Waals surface area contributed by atoms with Crippen molar-refractivity contribution in [2.45, 2.75) is 25.5 Å². The molecule has 1 aromatic rings. The molecule has 0 aliphatic carbocycles. The molecule has 2 atom stereocenters. The topological polar surface area (TPSA) is 42.3 Å². The first-order valence-electron chi connectivity index (χ1n) is 4.69. The number of nitrogens with zero attached hydrogens (tertiary/aromatic N) is 2. The minimum Gasteiger partial charge on any atom is -0.254 e. The summed E-state index contributed by atoms with van der Waals surface area (Å²) in [6, 6.07) is 3.46. The summed E-state index contributed by atoms with van der Waals surface area (Å²) in [6.45, 7) is 3.89. The molecule has 0 aliphatic rings. The van der Waals surface area contributed by atoms with Crippen molar-refractivity contribution in [3.8, 4) is 0 Å². The van der Waals surface area contributed by atoms with E-state index in [1.165, 1.54) is 12.4 Å². The third-order valence-corrected chi connectivity index (χ3v) is 3.52. The molecule has 0 amide bonds. The van der Waals surface area contributed by atoms with Crippen LogP contribution in [0.15, 0.2) is 22.7 Å². The van der Waals surface area contributed by atoms with Gasteiger partial charge in [0.2, 0.25) is 0 Å². The number of halogens is 1. The molecule has 0 saturated carbocycles. The van der Waals surface area contributed by atoms with Crippen LogP contribution in [0.3, 0.4) is 0 Å². The molecule has 0 N–H and O–H groups in total. The monoisotopic (exact) mass is 244 g/mol. The number of aromatic nitrogens is 1. The molecule has 0 radical (unpaired) electrons. The molecule has 0 unspecified atom stereocenters. The van der Waals surface area contributed by atoms with Crippen LogP contribution in [0.2, 0.25) is 5.02 Å². The molecule has 3 nitrogen and oxygen atoms in total. The minimum absolute atomic E-state index is 0.0774. The van der Waals surface area contributed by atoms with Crippen molar-refractivity contribution < 1.29 is 4.21 Å². The molecule has 1 heterocycles. The molecule has 0 spiro atoms. The summed E-state index contributed by atoms with van der Waals surface area (Å²) < 4.78 is 15.4. The number of hydrogen-bond donors (Lipinski definition) is 0. The maximum absolute atomic E-state index is 11.5. The van der Waals surface area contributed by atoms with E-state index in [2.05, 4.69) is 9.38 Å². The van der Waals surface area contributed by atoms with Crippen molar-refractivity contribution >= 4 is 28.8 Å². The van der Waals surface area contributed by atoms with Crippen LogP contribution in [-0.4, -0.2) is 20.7 Å². The molecule has 0 saturated heterocycles. The molecular weight excluding hydrogens is 232 g/mol. The highest BCUT2D eigenvalue weighted by atomic mass is 35.5. The van der Waals surface area contributed by atoms with Gasteiger partial charge in [-0.3, -0.25) is 4.98 Å². The predicted octanol–water partition coefficient (Wildman–Crippen LogP) is 2.62. The van der Waals surface area contributed by atoms with Gasteiger partial charge in [0.05, 0.1) is 22.2 Å². The van der Waals surface area contributed by atoms with Crippen LogP contribution in [0.1, 0.15) is 26.0 Å². The molecular formula is C10H13ClN2OS. The Bertz CT molecular complexity index is 364. The Kier molecular flexibility index (Phi) is 4.91. The van der Waals surface area contributed by atoms with Crippen LogP contribution >= 0.6 is 11.6 Å².